The highest BCUT2D eigenvalue weighted by Gasteiger charge is 2.16. The van der Waals surface area contributed by atoms with Crippen molar-refractivity contribution in [1.82, 2.24) is 10.6 Å². The average molecular weight is 435 g/mol. The molecule has 0 saturated heterocycles. The average Bonchev–Trinajstić information content (AvgIpc) is 2.47. The SMILES string of the molecule is CN=C(NCc1cccc(OC(C)C)c1)NCC(C)(C)OC.I. The molecule has 132 valence electrons. The molecule has 0 aromatic heterocycles. The van der Waals surface area contributed by atoms with Crippen LogP contribution in [0.1, 0.15) is 33.3 Å². The van der Waals surface area contributed by atoms with E-state index in [0.29, 0.717) is 13.1 Å². The number of benzene rings is 1. The van der Waals surface area contributed by atoms with Crippen molar-refractivity contribution < 1.29 is 9.47 Å². The molecular weight excluding hydrogens is 405 g/mol. The first kappa shape index (κ1) is 22.0. The molecule has 1 rings (SSSR count). The minimum Gasteiger partial charge on any atom is -0.491 e. The van der Waals surface area contributed by atoms with Crippen molar-refractivity contribution in [2.24, 2.45) is 4.99 Å². The summed E-state index contributed by atoms with van der Waals surface area (Å²) in [5.74, 6) is 1.64. The summed E-state index contributed by atoms with van der Waals surface area (Å²) in [6, 6.07) is 8.07. The molecule has 0 aliphatic heterocycles. The Labute approximate surface area is 157 Å². The van der Waals surface area contributed by atoms with Crippen molar-refractivity contribution in [2.75, 3.05) is 20.7 Å². The highest BCUT2D eigenvalue weighted by molar-refractivity contribution is 14.0. The third kappa shape index (κ3) is 9.00. The molecule has 0 aliphatic rings. The fourth-order valence-electron chi connectivity index (χ4n) is 1.78. The van der Waals surface area contributed by atoms with Gasteiger partial charge in [0, 0.05) is 27.2 Å². The molecule has 0 radical (unpaired) electrons. The zero-order valence-electron chi connectivity index (χ0n) is 15.0. The summed E-state index contributed by atoms with van der Waals surface area (Å²) >= 11 is 0. The standard InChI is InChI=1S/C17H29N3O2.HI/c1-13(2)22-15-9-7-8-14(10-15)11-19-16(18-5)20-12-17(3,4)21-6;/h7-10,13H,11-12H2,1-6H3,(H2,18,19,20);1H. The van der Waals surface area contributed by atoms with E-state index in [2.05, 4.69) is 21.7 Å². The highest BCUT2D eigenvalue weighted by atomic mass is 127. The van der Waals surface area contributed by atoms with E-state index >= 15 is 0 Å². The van der Waals surface area contributed by atoms with Crippen LogP contribution in [0.25, 0.3) is 0 Å². The van der Waals surface area contributed by atoms with Crippen LogP contribution < -0.4 is 15.4 Å². The molecule has 0 spiro atoms. The van der Waals surface area contributed by atoms with Gasteiger partial charge < -0.3 is 20.1 Å². The number of nitrogens with one attached hydrogen (secondary N) is 2. The predicted molar refractivity (Wildman–Crippen MR) is 107 cm³/mol. The molecule has 0 bridgehead atoms. The minimum atomic E-state index is -0.233. The summed E-state index contributed by atoms with van der Waals surface area (Å²) in [4.78, 5) is 4.22. The van der Waals surface area contributed by atoms with Crippen LogP contribution in [-0.4, -0.2) is 38.4 Å². The van der Waals surface area contributed by atoms with Crippen molar-refractivity contribution in [1.29, 1.82) is 0 Å². The molecule has 0 amide bonds. The second-order valence-electron chi connectivity index (χ2n) is 6.06. The summed E-state index contributed by atoms with van der Waals surface area (Å²) in [7, 11) is 3.46. The van der Waals surface area contributed by atoms with Crippen LogP contribution in [0.2, 0.25) is 0 Å². The maximum absolute atomic E-state index is 5.70. The van der Waals surface area contributed by atoms with Crippen molar-refractivity contribution in [3.63, 3.8) is 0 Å². The van der Waals surface area contributed by atoms with E-state index in [0.717, 1.165) is 17.3 Å². The maximum Gasteiger partial charge on any atom is 0.191 e. The van der Waals surface area contributed by atoms with Gasteiger partial charge in [-0.3, -0.25) is 4.99 Å². The summed E-state index contributed by atoms with van der Waals surface area (Å²) < 4.78 is 11.1. The summed E-state index contributed by atoms with van der Waals surface area (Å²) in [5.41, 5.74) is 0.912. The quantitative estimate of drug-likeness (QED) is 0.393. The van der Waals surface area contributed by atoms with Gasteiger partial charge in [-0.05, 0) is 45.4 Å². The molecule has 1 aromatic rings. The van der Waals surface area contributed by atoms with Crippen molar-refractivity contribution in [2.45, 2.75) is 45.9 Å². The topological polar surface area (TPSA) is 54.9 Å². The normalized spacial score (nSPS) is 11.9. The number of hydrogen-bond acceptors (Lipinski definition) is 3. The van der Waals surface area contributed by atoms with Crippen LogP contribution in [0.4, 0.5) is 0 Å². The summed E-state index contributed by atoms with van der Waals surface area (Å²) in [6.07, 6.45) is 0.175. The van der Waals surface area contributed by atoms with Gasteiger partial charge in [0.2, 0.25) is 0 Å². The Morgan fingerprint density at radius 1 is 1.26 bits per heavy atom. The molecule has 0 atom stereocenters. The molecular formula is C17H30IN3O2. The van der Waals surface area contributed by atoms with Crippen molar-refractivity contribution in [3.05, 3.63) is 29.8 Å². The van der Waals surface area contributed by atoms with Crippen LogP contribution in [0.3, 0.4) is 0 Å². The fraction of sp³-hybridized carbons (Fsp3) is 0.588. The lowest BCUT2D eigenvalue weighted by Crippen LogP contribution is -2.45. The number of rotatable bonds is 7. The first-order valence-electron chi connectivity index (χ1n) is 7.61. The Bertz CT molecular complexity index is 490. The molecule has 23 heavy (non-hydrogen) atoms. The Morgan fingerprint density at radius 2 is 1.96 bits per heavy atom. The lowest BCUT2D eigenvalue weighted by molar-refractivity contribution is 0.0268. The largest absolute Gasteiger partial charge is 0.491 e. The number of aliphatic imine (C=N–C) groups is 1. The van der Waals surface area contributed by atoms with Gasteiger partial charge in [-0.1, -0.05) is 12.1 Å². The molecule has 0 saturated carbocycles. The number of hydrogen-bond donors (Lipinski definition) is 2. The predicted octanol–water partition coefficient (Wildman–Crippen LogP) is 3.18. The molecule has 1 aromatic carbocycles. The van der Waals surface area contributed by atoms with Gasteiger partial charge in [0.15, 0.2) is 5.96 Å². The number of ether oxygens (including phenoxy) is 2. The lowest BCUT2D eigenvalue weighted by Gasteiger charge is -2.24. The van der Waals surface area contributed by atoms with Gasteiger partial charge >= 0.3 is 0 Å². The van der Waals surface area contributed by atoms with E-state index in [1.807, 2.05) is 45.9 Å². The minimum absolute atomic E-state index is 0. The zero-order chi connectivity index (χ0) is 16.6. The van der Waals surface area contributed by atoms with E-state index in [1.165, 1.54) is 0 Å². The summed E-state index contributed by atoms with van der Waals surface area (Å²) in [5, 5.41) is 6.55. The second kappa shape index (κ2) is 10.7. The van der Waals surface area contributed by atoms with E-state index in [4.69, 9.17) is 9.47 Å². The van der Waals surface area contributed by atoms with Gasteiger partial charge in [0.25, 0.3) is 0 Å². The van der Waals surface area contributed by atoms with Crippen LogP contribution in [0, 0.1) is 0 Å². The fourth-order valence-corrected chi connectivity index (χ4v) is 1.78. The molecule has 0 unspecified atom stereocenters. The molecule has 6 heteroatoms. The maximum atomic E-state index is 5.70. The molecule has 5 nitrogen and oxygen atoms in total. The van der Waals surface area contributed by atoms with E-state index in [9.17, 15) is 0 Å². The summed E-state index contributed by atoms with van der Waals surface area (Å²) in [6.45, 7) is 9.46. The molecule has 2 N–H and O–H groups in total. The van der Waals surface area contributed by atoms with Crippen LogP contribution >= 0.6 is 24.0 Å². The second-order valence-corrected chi connectivity index (χ2v) is 6.06. The lowest BCUT2D eigenvalue weighted by atomic mass is 10.1. The van der Waals surface area contributed by atoms with Gasteiger partial charge in [-0.25, -0.2) is 0 Å². The third-order valence-electron chi connectivity index (χ3n) is 3.19. The number of methoxy groups -OCH3 is 1. The zero-order valence-corrected chi connectivity index (χ0v) is 17.3. The Morgan fingerprint density at radius 3 is 2.52 bits per heavy atom. The van der Waals surface area contributed by atoms with E-state index in [1.54, 1.807) is 14.2 Å². The number of halogens is 1. The van der Waals surface area contributed by atoms with Crippen LogP contribution in [-0.2, 0) is 11.3 Å². The van der Waals surface area contributed by atoms with Gasteiger partial charge in [-0.15, -0.1) is 24.0 Å². The number of nitrogens with zero attached hydrogens (tertiary/aromatic N) is 1. The molecule has 0 fully saturated rings. The smallest absolute Gasteiger partial charge is 0.191 e. The Balaban J connectivity index is 0.00000484. The molecule has 0 aliphatic carbocycles. The van der Waals surface area contributed by atoms with Gasteiger partial charge in [0.05, 0.1) is 11.7 Å². The van der Waals surface area contributed by atoms with E-state index < -0.39 is 0 Å². The van der Waals surface area contributed by atoms with Crippen LogP contribution in [0.5, 0.6) is 5.75 Å². The van der Waals surface area contributed by atoms with Crippen molar-refractivity contribution >= 4 is 29.9 Å². The number of guanidine groups is 1. The Hall–Kier alpha value is -1.02. The van der Waals surface area contributed by atoms with Crippen molar-refractivity contribution in [3.8, 4) is 5.75 Å². The molecule has 0 heterocycles. The Kier molecular flexibility index (Phi) is 10.2. The first-order valence-corrected chi connectivity index (χ1v) is 7.61. The van der Waals surface area contributed by atoms with Gasteiger partial charge in [-0.2, -0.15) is 0 Å². The first-order chi connectivity index (χ1) is 10.4. The van der Waals surface area contributed by atoms with E-state index in [-0.39, 0.29) is 35.7 Å². The monoisotopic (exact) mass is 435 g/mol. The van der Waals surface area contributed by atoms with Crippen LogP contribution in [0.15, 0.2) is 29.3 Å². The third-order valence-corrected chi connectivity index (χ3v) is 3.19. The van der Waals surface area contributed by atoms with Gasteiger partial charge in [0.1, 0.15) is 5.75 Å². The highest BCUT2D eigenvalue weighted by Crippen LogP contribution is 2.14.